The molecular weight excluding hydrogens is 280 g/mol. The van der Waals surface area contributed by atoms with Gasteiger partial charge in [0.1, 0.15) is 0 Å². The number of alkyl halides is 1. The highest BCUT2D eigenvalue weighted by Gasteiger charge is 2.29. The van der Waals surface area contributed by atoms with Crippen LogP contribution in [0.15, 0.2) is 12.3 Å². The predicted molar refractivity (Wildman–Crippen MR) is 88.8 cm³/mol. The van der Waals surface area contributed by atoms with Crippen LogP contribution in [0.25, 0.3) is 0 Å². The Kier molecular flexibility index (Phi) is 5.26. The third kappa shape index (κ3) is 3.83. The predicted octanol–water partition coefficient (Wildman–Crippen LogP) is 5.36. The average Bonchev–Trinajstić information content (AvgIpc) is 2.99. The lowest BCUT2D eigenvalue weighted by molar-refractivity contribution is 0.262. The Balaban J connectivity index is 1.60. The molecule has 1 aromatic heterocycles. The SMILES string of the molecule is CCC1CCC(Cl)C(Cc2ccn(C3CCCCC3)n2)C1. The monoisotopic (exact) mass is 308 g/mol. The summed E-state index contributed by atoms with van der Waals surface area (Å²) < 4.78 is 2.23. The first-order chi connectivity index (χ1) is 10.3. The van der Waals surface area contributed by atoms with Gasteiger partial charge in [-0.2, -0.15) is 5.10 Å². The summed E-state index contributed by atoms with van der Waals surface area (Å²) in [6.45, 7) is 2.31. The third-order valence-electron chi connectivity index (χ3n) is 5.66. The smallest absolute Gasteiger partial charge is 0.0628 e. The van der Waals surface area contributed by atoms with E-state index in [2.05, 4.69) is 23.9 Å². The Morgan fingerprint density at radius 2 is 2.00 bits per heavy atom. The van der Waals surface area contributed by atoms with Gasteiger partial charge in [-0.05, 0) is 56.4 Å². The van der Waals surface area contributed by atoms with E-state index in [4.69, 9.17) is 16.7 Å². The highest BCUT2D eigenvalue weighted by molar-refractivity contribution is 6.20. The van der Waals surface area contributed by atoms with E-state index >= 15 is 0 Å². The fourth-order valence-corrected chi connectivity index (χ4v) is 4.53. The third-order valence-corrected chi connectivity index (χ3v) is 6.23. The second kappa shape index (κ2) is 7.17. The molecule has 0 amide bonds. The quantitative estimate of drug-likeness (QED) is 0.684. The zero-order valence-corrected chi connectivity index (χ0v) is 14.1. The molecule has 2 nitrogen and oxygen atoms in total. The van der Waals surface area contributed by atoms with Gasteiger partial charge < -0.3 is 0 Å². The molecule has 0 saturated heterocycles. The van der Waals surface area contributed by atoms with Gasteiger partial charge >= 0.3 is 0 Å². The van der Waals surface area contributed by atoms with Gasteiger partial charge in [-0.25, -0.2) is 0 Å². The van der Waals surface area contributed by atoms with Crippen molar-refractivity contribution in [2.24, 2.45) is 11.8 Å². The van der Waals surface area contributed by atoms with E-state index in [1.165, 1.54) is 63.5 Å². The van der Waals surface area contributed by atoms with Gasteiger partial charge in [0.05, 0.1) is 11.7 Å². The Bertz CT molecular complexity index is 436. The summed E-state index contributed by atoms with van der Waals surface area (Å²) in [5, 5.41) is 5.23. The van der Waals surface area contributed by atoms with Crippen LogP contribution in [0.3, 0.4) is 0 Å². The summed E-state index contributed by atoms with van der Waals surface area (Å²) in [7, 11) is 0. The van der Waals surface area contributed by atoms with Gasteiger partial charge in [-0.3, -0.25) is 4.68 Å². The van der Waals surface area contributed by atoms with E-state index in [-0.39, 0.29) is 0 Å². The maximum atomic E-state index is 6.58. The molecule has 0 aliphatic heterocycles. The van der Waals surface area contributed by atoms with Crippen LogP contribution in [-0.2, 0) is 6.42 Å². The molecule has 118 valence electrons. The Hall–Kier alpha value is -0.500. The second-order valence-corrected chi connectivity index (χ2v) is 7.71. The lowest BCUT2D eigenvalue weighted by Gasteiger charge is -2.32. The van der Waals surface area contributed by atoms with Crippen LogP contribution in [0, 0.1) is 11.8 Å². The summed E-state index contributed by atoms with van der Waals surface area (Å²) in [5.74, 6) is 1.51. The van der Waals surface area contributed by atoms with Gasteiger partial charge in [-0.1, -0.05) is 32.6 Å². The first-order valence-electron chi connectivity index (χ1n) is 8.94. The summed E-state index contributed by atoms with van der Waals surface area (Å²) in [6, 6.07) is 2.88. The van der Waals surface area contributed by atoms with Crippen molar-refractivity contribution in [2.75, 3.05) is 0 Å². The number of nitrogens with zero attached hydrogens (tertiary/aromatic N) is 2. The van der Waals surface area contributed by atoms with Crippen LogP contribution in [0.1, 0.15) is 76.4 Å². The van der Waals surface area contributed by atoms with Crippen molar-refractivity contribution in [3.05, 3.63) is 18.0 Å². The average molecular weight is 309 g/mol. The molecule has 3 rings (SSSR count). The van der Waals surface area contributed by atoms with E-state index < -0.39 is 0 Å². The summed E-state index contributed by atoms with van der Waals surface area (Å²) in [5.41, 5.74) is 1.26. The fourth-order valence-electron chi connectivity index (χ4n) is 4.21. The summed E-state index contributed by atoms with van der Waals surface area (Å²) >= 11 is 6.58. The molecule has 1 aromatic rings. The van der Waals surface area contributed by atoms with Crippen LogP contribution in [0.5, 0.6) is 0 Å². The molecule has 3 heteroatoms. The van der Waals surface area contributed by atoms with Crippen molar-refractivity contribution in [3.8, 4) is 0 Å². The maximum absolute atomic E-state index is 6.58. The number of hydrogen-bond acceptors (Lipinski definition) is 1. The molecule has 2 saturated carbocycles. The van der Waals surface area contributed by atoms with E-state index in [0.29, 0.717) is 17.3 Å². The number of rotatable bonds is 4. The standard InChI is InChI=1S/C18H29ClN2/c1-2-14-8-9-18(19)15(12-14)13-16-10-11-21(20-16)17-6-4-3-5-7-17/h10-11,14-15,17-18H,2-9,12-13H2,1H3. The molecule has 3 atom stereocenters. The maximum Gasteiger partial charge on any atom is 0.0628 e. The van der Waals surface area contributed by atoms with E-state index in [9.17, 15) is 0 Å². The molecule has 0 N–H and O–H groups in total. The van der Waals surface area contributed by atoms with Crippen molar-refractivity contribution in [1.29, 1.82) is 0 Å². The Morgan fingerprint density at radius 3 is 2.76 bits per heavy atom. The largest absolute Gasteiger partial charge is 0.269 e. The molecule has 2 aliphatic carbocycles. The van der Waals surface area contributed by atoms with Gasteiger partial charge in [0.25, 0.3) is 0 Å². The van der Waals surface area contributed by atoms with Crippen LogP contribution in [-0.4, -0.2) is 15.2 Å². The summed E-state index contributed by atoms with van der Waals surface area (Å²) in [4.78, 5) is 0. The van der Waals surface area contributed by atoms with Crippen LogP contribution in [0.2, 0.25) is 0 Å². The molecule has 0 radical (unpaired) electrons. The number of halogens is 1. The van der Waals surface area contributed by atoms with Crippen LogP contribution < -0.4 is 0 Å². The molecule has 2 aliphatic rings. The molecule has 0 bridgehead atoms. The van der Waals surface area contributed by atoms with Gasteiger partial charge in [0, 0.05) is 11.6 Å². The van der Waals surface area contributed by atoms with Crippen molar-refractivity contribution >= 4 is 11.6 Å². The topological polar surface area (TPSA) is 17.8 Å². The highest BCUT2D eigenvalue weighted by atomic mass is 35.5. The zero-order chi connectivity index (χ0) is 14.7. The van der Waals surface area contributed by atoms with Gasteiger partial charge in [0.2, 0.25) is 0 Å². The number of aromatic nitrogens is 2. The first-order valence-corrected chi connectivity index (χ1v) is 9.38. The summed E-state index contributed by atoms with van der Waals surface area (Å²) in [6.07, 6.45) is 15.1. The Labute approximate surface area is 134 Å². The lowest BCUT2D eigenvalue weighted by atomic mass is 9.78. The van der Waals surface area contributed by atoms with Crippen molar-refractivity contribution in [2.45, 2.75) is 82.6 Å². The molecule has 21 heavy (non-hydrogen) atoms. The lowest BCUT2D eigenvalue weighted by Crippen LogP contribution is -2.27. The molecule has 1 heterocycles. The van der Waals surface area contributed by atoms with E-state index in [1.54, 1.807) is 0 Å². The fraction of sp³-hybridized carbons (Fsp3) is 0.833. The highest BCUT2D eigenvalue weighted by Crippen LogP contribution is 2.36. The number of hydrogen-bond donors (Lipinski definition) is 0. The normalized spacial score (nSPS) is 31.4. The second-order valence-electron chi connectivity index (χ2n) is 7.15. The van der Waals surface area contributed by atoms with E-state index in [0.717, 1.165) is 12.3 Å². The van der Waals surface area contributed by atoms with Gasteiger partial charge in [-0.15, -0.1) is 11.6 Å². The van der Waals surface area contributed by atoms with Crippen molar-refractivity contribution in [3.63, 3.8) is 0 Å². The van der Waals surface area contributed by atoms with Gasteiger partial charge in [0.15, 0.2) is 0 Å². The van der Waals surface area contributed by atoms with Crippen LogP contribution in [0.4, 0.5) is 0 Å². The first kappa shape index (κ1) is 15.4. The van der Waals surface area contributed by atoms with Crippen molar-refractivity contribution < 1.29 is 0 Å². The minimum atomic E-state index is 0.354. The minimum Gasteiger partial charge on any atom is -0.269 e. The Morgan fingerprint density at radius 1 is 1.19 bits per heavy atom. The molecule has 3 unspecified atom stereocenters. The minimum absolute atomic E-state index is 0.354. The molecule has 0 spiro atoms. The van der Waals surface area contributed by atoms with E-state index in [1.807, 2.05) is 0 Å². The molecular formula is C18H29ClN2. The molecule has 0 aromatic carbocycles. The zero-order valence-electron chi connectivity index (χ0n) is 13.3. The van der Waals surface area contributed by atoms with Crippen molar-refractivity contribution in [1.82, 2.24) is 9.78 Å². The molecule has 2 fully saturated rings. The van der Waals surface area contributed by atoms with Crippen LogP contribution >= 0.6 is 11.6 Å².